The first-order chi connectivity index (χ1) is 16.1. The maximum absolute atomic E-state index is 13.6. The fourth-order valence-corrected chi connectivity index (χ4v) is 5.01. The number of aryl methyl sites for hydroxylation is 1. The number of tetrazole rings is 1. The van der Waals surface area contributed by atoms with Gasteiger partial charge in [-0.25, -0.2) is 4.79 Å². The number of hydrogen-bond donors (Lipinski definition) is 1. The van der Waals surface area contributed by atoms with Crippen molar-refractivity contribution in [1.29, 1.82) is 0 Å². The second-order valence-corrected chi connectivity index (χ2v) is 9.30. The van der Waals surface area contributed by atoms with Gasteiger partial charge in [0.2, 0.25) is 5.82 Å². The molecule has 5 rings (SSSR count). The average Bonchev–Trinajstić information content (AvgIpc) is 3.29. The van der Waals surface area contributed by atoms with Gasteiger partial charge in [-0.05, 0) is 48.4 Å². The maximum atomic E-state index is 13.6. The Hall–Kier alpha value is -3.29. The van der Waals surface area contributed by atoms with E-state index in [1.807, 2.05) is 33.7 Å². The number of hydrogen-bond acceptors (Lipinski definition) is 5. The number of rotatable bonds is 9. The molecule has 0 saturated heterocycles. The minimum atomic E-state index is -0.369. The molecule has 172 valence electrons. The highest BCUT2D eigenvalue weighted by Crippen LogP contribution is 2.45. The maximum Gasteiger partial charge on any atom is 0.328 e. The third-order valence-corrected chi connectivity index (χ3v) is 7.16. The highest BCUT2D eigenvalue weighted by atomic mass is 16.1. The van der Waals surface area contributed by atoms with Crippen LogP contribution in [0, 0.1) is 5.92 Å². The second-order valence-electron chi connectivity index (χ2n) is 9.30. The predicted octanol–water partition coefficient (Wildman–Crippen LogP) is 4.07. The molecule has 1 aliphatic carbocycles. The van der Waals surface area contributed by atoms with Crippen molar-refractivity contribution >= 4 is 6.21 Å². The molecule has 1 saturated carbocycles. The van der Waals surface area contributed by atoms with Gasteiger partial charge in [0, 0.05) is 47.9 Å². The van der Waals surface area contributed by atoms with Gasteiger partial charge in [-0.3, -0.25) is 14.1 Å². The first-order valence-electron chi connectivity index (χ1n) is 12.0. The molecule has 1 fully saturated rings. The van der Waals surface area contributed by atoms with Crippen LogP contribution in [0.2, 0.25) is 0 Å². The van der Waals surface area contributed by atoms with Gasteiger partial charge in [0.25, 0.3) is 0 Å². The van der Waals surface area contributed by atoms with E-state index in [0.29, 0.717) is 24.3 Å². The number of aromatic nitrogens is 6. The van der Waals surface area contributed by atoms with Crippen LogP contribution in [0.4, 0.5) is 0 Å². The van der Waals surface area contributed by atoms with Crippen LogP contribution < -0.4 is 5.69 Å². The van der Waals surface area contributed by atoms with Crippen molar-refractivity contribution in [3.05, 3.63) is 64.5 Å². The SMILES string of the molecule is CCCCc1cn(C2CC2CC)c(=O)n1CC1(c2cccc(-c3nn[nH]n3)c2)C=CN=CC1. The molecule has 8 nitrogen and oxygen atoms in total. The lowest BCUT2D eigenvalue weighted by atomic mass is 9.76. The molecular weight excluding hydrogens is 414 g/mol. The van der Waals surface area contributed by atoms with Crippen LogP contribution in [0.15, 0.2) is 52.5 Å². The second kappa shape index (κ2) is 8.92. The van der Waals surface area contributed by atoms with Crippen molar-refractivity contribution in [3.63, 3.8) is 0 Å². The van der Waals surface area contributed by atoms with Crippen LogP contribution in [0.1, 0.15) is 63.3 Å². The van der Waals surface area contributed by atoms with Gasteiger partial charge in [0.05, 0.1) is 0 Å². The highest BCUT2D eigenvalue weighted by Gasteiger charge is 2.40. The van der Waals surface area contributed by atoms with Gasteiger partial charge >= 0.3 is 5.69 Å². The predicted molar refractivity (Wildman–Crippen MR) is 128 cm³/mol. The molecule has 1 aromatic carbocycles. The molecular formula is C25H31N7O. The Morgan fingerprint density at radius 3 is 2.88 bits per heavy atom. The molecule has 33 heavy (non-hydrogen) atoms. The van der Waals surface area contributed by atoms with Crippen molar-refractivity contribution in [2.75, 3.05) is 0 Å². The minimum absolute atomic E-state index is 0.117. The van der Waals surface area contributed by atoms with Crippen LogP contribution in [-0.4, -0.2) is 36.0 Å². The van der Waals surface area contributed by atoms with Crippen molar-refractivity contribution in [2.24, 2.45) is 10.9 Å². The summed E-state index contributed by atoms with van der Waals surface area (Å²) in [5, 5.41) is 14.5. The highest BCUT2D eigenvalue weighted by molar-refractivity contribution is 5.65. The van der Waals surface area contributed by atoms with E-state index < -0.39 is 0 Å². The summed E-state index contributed by atoms with van der Waals surface area (Å²) in [6.07, 6.45) is 14.1. The topological polar surface area (TPSA) is 93.8 Å². The molecule has 0 bridgehead atoms. The van der Waals surface area contributed by atoms with E-state index in [9.17, 15) is 4.79 Å². The molecule has 3 atom stereocenters. The van der Waals surface area contributed by atoms with E-state index in [0.717, 1.165) is 55.3 Å². The average molecular weight is 446 g/mol. The molecule has 2 aliphatic rings. The van der Waals surface area contributed by atoms with Crippen molar-refractivity contribution < 1.29 is 0 Å². The zero-order valence-electron chi connectivity index (χ0n) is 19.3. The first kappa shape index (κ1) is 21.6. The van der Waals surface area contributed by atoms with Crippen LogP contribution in [0.25, 0.3) is 11.4 Å². The number of benzene rings is 1. The summed E-state index contributed by atoms with van der Waals surface area (Å²) in [7, 11) is 0. The van der Waals surface area contributed by atoms with E-state index in [1.54, 1.807) is 0 Å². The van der Waals surface area contributed by atoms with Gasteiger partial charge in [-0.1, -0.05) is 51.0 Å². The molecule has 3 aromatic rings. The number of nitrogens with zero attached hydrogens (tertiary/aromatic N) is 6. The van der Waals surface area contributed by atoms with Crippen molar-refractivity contribution in [2.45, 2.75) is 70.4 Å². The number of aliphatic imine (C=N–C) groups is 1. The van der Waals surface area contributed by atoms with Crippen LogP contribution >= 0.6 is 0 Å². The fraction of sp³-hybridized carbons (Fsp3) is 0.480. The quantitative estimate of drug-likeness (QED) is 0.537. The molecule has 8 heteroatoms. The third-order valence-electron chi connectivity index (χ3n) is 7.16. The Balaban J connectivity index is 1.55. The van der Waals surface area contributed by atoms with E-state index in [1.165, 1.54) is 0 Å². The van der Waals surface area contributed by atoms with Crippen molar-refractivity contribution in [3.8, 4) is 11.4 Å². The largest absolute Gasteiger partial charge is 0.328 e. The Morgan fingerprint density at radius 1 is 1.27 bits per heavy atom. The normalized spacial score (nSPS) is 23.8. The lowest BCUT2D eigenvalue weighted by Gasteiger charge is -2.32. The lowest BCUT2D eigenvalue weighted by Crippen LogP contribution is -2.37. The van der Waals surface area contributed by atoms with E-state index in [2.05, 4.69) is 63.9 Å². The Morgan fingerprint density at radius 2 is 2.18 bits per heavy atom. The minimum Gasteiger partial charge on any atom is -0.296 e. The number of H-pyrrole nitrogens is 1. The lowest BCUT2D eigenvalue weighted by molar-refractivity contribution is 0.434. The zero-order chi connectivity index (χ0) is 22.8. The Bertz CT molecular complexity index is 1220. The van der Waals surface area contributed by atoms with Crippen LogP contribution in [0.5, 0.6) is 0 Å². The number of nitrogens with one attached hydrogen (secondary N) is 1. The van der Waals surface area contributed by atoms with E-state index >= 15 is 0 Å². The van der Waals surface area contributed by atoms with Crippen molar-refractivity contribution in [1.82, 2.24) is 29.8 Å². The molecule has 2 aromatic heterocycles. The van der Waals surface area contributed by atoms with Gasteiger partial charge in [-0.2, -0.15) is 5.21 Å². The number of imidazole rings is 1. The summed E-state index contributed by atoms with van der Waals surface area (Å²) < 4.78 is 4.02. The standard InChI is InChI=1S/C25H31N7O/c1-3-5-9-21-16-31(22-15-18(22)4-2)24(33)32(21)17-25(10-12-26-13-11-25)20-8-6-7-19(14-20)23-27-29-30-28-23/h6-8,10,12-14,16,18,22H,3-5,9,11,15,17H2,1-2H3,(H,27,28,29,30). The first-order valence-corrected chi connectivity index (χ1v) is 12.0. The molecule has 0 radical (unpaired) electrons. The number of aromatic amines is 1. The summed E-state index contributed by atoms with van der Waals surface area (Å²) in [6, 6.07) is 8.58. The summed E-state index contributed by atoms with van der Waals surface area (Å²) >= 11 is 0. The molecule has 1 N–H and O–H groups in total. The summed E-state index contributed by atoms with van der Waals surface area (Å²) in [6.45, 7) is 4.99. The zero-order valence-corrected chi connectivity index (χ0v) is 19.3. The summed E-state index contributed by atoms with van der Waals surface area (Å²) in [4.78, 5) is 18.0. The Kier molecular flexibility index (Phi) is 5.83. The monoisotopic (exact) mass is 445 g/mol. The Labute approximate surface area is 193 Å². The van der Waals surface area contributed by atoms with E-state index in [-0.39, 0.29) is 11.1 Å². The number of unbranched alkanes of at least 4 members (excludes halogenated alkanes) is 1. The summed E-state index contributed by atoms with van der Waals surface area (Å²) in [5.41, 5.74) is 2.90. The smallest absolute Gasteiger partial charge is 0.296 e. The van der Waals surface area contributed by atoms with Crippen LogP contribution in [-0.2, 0) is 18.4 Å². The van der Waals surface area contributed by atoms with Gasteiger partial charge in [0.1, 0.15) is 0 Å². The summed E-state index contributed by atoms with van der Waals surface area (Å²) in [5.74, 6) is 1.19. The van der Waals surface area contributed by atoms with E-state index in [4.69, 9.17) is 0 Å². The fourth-order valence-electron chi connectivity index (χ4n) is 5.01. The molecule has 0 spiro atoms. The van der Waals surface area contributed by atoms with Crippen LogP contribution in [0.3, 0.4) is 0 Å². The van der Waals surface area contributed by atoms with Gasteiger partial charge < -0.3 is 0 Å². The third kappa shape index (κ3) is 4.10. The molecule has 3 unspecified atom stereocenters. The molecule has 3 heterocycles. The van der Waals surface area contributed by atoms with Gasteiger partial charge in [-0.15, -0.1) is 10.2 Å². The van der Waals surface area contributed by atoms with Gasteiger partial charge in [0.15, 0.2) is 0 Å². The number of allylic oxidation sites excluding steroid dienone is 1. The molecule has 0 amide bonds. The molecule has 1 aliphatic heterocycles.